The summed E-state index contributed by atoms with van der Waals surface area (Å²) in [4.78, 5) is 16.3. The second kappa shape index (κ2) is 4.10. The Labute approximate surface area is 118 Å². The van der Waals surface area contributed by atoms with Gasteiger partial charge in [0.25, 0.3) is 0 Å². The summed E-state index contributed by atoms with van der Waals surface area (Å²) >= 11 is 0. The second-order valence-electron chi connectivity index (χ2n) is 5.55. The molecule has 2 aliphatic heterocycles. The van der Waals surface area contributed by atoms with Crippen molar-refractivity contribution < 1.29 is 4.79 Å². The third-order valence-corrected chi connectivity index (χ3v) is 4.34. The number of carbonyl (C=O) groups excluding carboxylic acids is 1. The first-order chi connectivity index (χ1) is 9.75. The number of para-hydroxylation sites is 1. The van der Waals surface area contributed by atoms with Crippen molar-refractivity contribution >= 4 is 11.7 Å². The van der Waals surface area contributed by atoms with Crippen molar-refractivity contribution in [1.29, 1.82) is 0 Å². The maximum Gasteiger partial charge on any atom is 0.324 e. The highest BCUT2D eigenvalue weighted by Gasteiger charge is 2.40. The number of fused-ring (bicyclic) bond motifs is 5. The first kappa shape index (κ1) is 11.5. The smallest absolute Gasteiger partial charge is 0.324 e. The van der Waals surface area contributed by atoms with Gasteiger partial charge in [0.2, 0.25) is 0 Å². The molecule has 2 aromatic carbocycles. The van der Waals surface area contributed by atoms with Crippen LogP contribution in [0.4, 0.5) is 10.5 Å². The largest absolute Gasteiger partial charge is 0.325 e. The fourth-order valence-corrected chi connectivity index (χ4v) is 3.37. The normalized spacial score (nSPS) is 20.2. The monoisotopic (exact) mass is 264 g/mol. The lowest BCUT2D eigenvalue weighted by molar-refractivity contribution is 0.229. The van der Waals surface area contributed by atoms with Crippen molar-refractivity contribution in [1.82, 2.24) is 4.90 Å². The van der Waals surface area contributed by atoms with Crippen LogP contribution < -0.4 is 4.90 Å². The SMILES string of the molecule is CN1CC2c3ccccc3Cc3ccccc3N2C1=O. The summed E-state index contributed by atoms with van der Waals surface area (Å²) in [6.45, 7) is 0.754. The predicted molar refractivity (Wildman–Crippen MR) is 78.9 cm³/mol. The fourth-order valence-electron chi connectivity index (χ4n) is 3.37. The molecule has 0 spiro atoms. The summed E-state index contributed by atoms with van der Waals surface area (Å²) < 4.78 is 0. The first-order valence-electron chi connectivity index (χ1n) is 6.96. The van der Waals surface area contributed by atoms with E-state index in [4.69, 9.17) is 0 Å². The molecular formula is C17H16N2O. The molecule has 4 rings (SSSR count). The van der Waals surface area contributed by atoms with Crippen molar-refractivity contribution in [2.45, 2.75) is 12.5 Å². The maximum absolute atomic E-state index is 12.5. The molecule has 100 valence electrons. The molecule has 20 heavy (non-hydrogen) atoms. The lowest BCUT2D eigenvalue weighted by atomic mass is 9.97. The highest BCUT2D eigenvalue weighted by Crippen LogP contribution is 2.40. The Morgan fingerprint density at radius 2 is 1.70 bits per heavy atom. The molecule has 2 aliphatic rings. The number of nitrogens with zero attached hydrogens (tertiary/aromatic N) is 2. The molecule has 3 nitrogen and oxygen atoms in total. The number of anilines is 1. The highest BCUT2D eigenvalue weighted by molar-refractivity contribution is 5.96. The van der Waals surface area contributed by atoms with E-state index in [0.29, 0.717) is 0 Å². The lowest BCUT2D eigenvalue weighted by Crippen LogP contribution is -2.30. The molecule has 1 saturated heterocycles. The van der Waals surface area contributed by atoms with Crippen LogP contribution in [-0.2, 0) is 6.42 Å². The number of benzene rings is 2. The van der Waals surface area contributed by atoms with Crippen molar-refractivity contribution in [2.24, 2.45) is 0 Å². The zero-order chi connectivity index (χ0) is 13.7. The molecule has 2 amide bonds. The Morgan fingerprint density at radius 1 is 1.00 bits per heavy atom. The van der Waals surface area contributed by atoms with Crippen molar-refractivity contribution in [3.63, 3.8) is 0 Å². The van der Waals surface area contributed by atoms with E-state index in [-0.39, 0.29) is 12.1 Å². The molecule has 2 aromatic rings. The Kier molecular flexibility index (Phi) is 2.36. The van der Waals surface area contributed by atoms with Gasteiger partial charge in [0.1, 0.15) is 0 Å². The van der Waals surface area contributed by atoms with Gasteiger partial charge in [0.15, 0.2) is 0 Å². The summed E-state index contributed by atoms with van der Waals surface area (Å²) in [5, 5.41) is 0. The Balaban J connectivity index is 1.98. The molecule has 0 N–H and O–H groups in total. The van der Waals surface area contributed by atoms with Gasteiger partial charge in [0.05, 0.1) is 6.04 Å². The molecule has 0 aromatic heterocycles. The summed E-state index contributed by atoms with van der Waals surface area (Å²) in [6, 6.07) is 17.0. The van der Waals surface area contributed by atoms with Crippen molar-refractivity contribution in [2.75, 3.05) is 18.5 Å². The molecule has 1 fully saturated rings. The van der Waals surface area contributed by atoms with E-state index in [2.05, 4.69) is 36.4 Å². The minimum absolute atomic E-state index is 0.0964. The molecule has 0 aliphatic carbocycles. The molecule has 0 bridgehead atoms. The number of hydrogen-bond acceptors (Lipinski definition) is 1. The molecule has 2 heterocycles. The van der Waals surface area contributed by atoms with Crippen LogP contribution in [0, 0.1) is 0 Å². The van der Waals surface area contributed by atoms with Gasteiger partial charge < -0.3 is 4.90 Å². The standard InChI is InChI=1S/C17H16N2O/c1-18-11-16-14-8-4-2-6-12(14)10-13-7-3-5-9-15(13)19(16)17(18)20/h2-9,16H,10-11H2,1H3. The van der Waals surface area contributed by atoms with E-state index in [9.17, 15) is 4.79 Å². The van der Waals surface area contributed by atoms with Gasteiger partial charge in [-0.2, -0.15) is 0 Å². The summed E-state index contributed by atoms with van der Waals surface area (Å²) in [5.41, 5.74) is 4.89. The van der Waals surface area contributed by atoms with E-state index in [0.717, 1.165) is 18.7 Å². The number of carbonyl (C=O) groups is 1. The van der Waals surface area contributed by atoms with Crippen LogP contribution in [0.25, 0.3) is 0 Å². The highest BCUT2D eigenvalue weighted by atomic mass is 16.2. The van der Waals surface area contributed by atoms with Crippen LogP contribution >= 0.6 is 0 Å². The quantitative estimate of drug-likeness (QED) is 0.716. The number of rotatable bonds is 0. The van der Waals surface area contributed by atoms with Crippen LogP contribution in [0.5, 0.6) is 0 Å². The lowest BCUT2D eigenvalue weighted by Gasteiger charge is -2.23. The van der Waals surface area contributed by atoms with Crippen LogP contribution in [0.15, 0.2) is 48.5 Å². The summed E-state index contributed by atoms with van der Waals surface area (Å²) in [7, 11) is 1.88. The van der Waals surface area contributed by atoms with E-state index in [1.807, 2.05) is 29.0 Å². The van der Waals surface area contributed by atoms with Crippen LogP contribution in [0.3, 0.4) is 0 Å². The summed E-state index contributed by atoms with van der Waals surface area (Å²) in [6.07, 6.45) is 0.899. The zero-order valence-electron chi connectivity index (χ0n) is 11.4. The Bertz CT molecular complexity index is 695. The zero-order valence-corrected chi connectivity index (χ0v) is 11.4. The first-order valence-corrected chi connectivity index (χ1v) is 6.96. The Morgan fingerprint density at radius 3 is 2.55 bits per heavy atom. The maximum atomic E-state index is 12.5. The Hall–Kier alpha value is -2.29. The molecule has 1 unspecified atom stereocenters. The van der Waals surface area contributed by atoms with Gasteiger partial charge in [-0.25, -0.2) is 4.79 Å². The van der Waals surface area contributed by atoms with E-state index >= 15 is 0 Å². The van der Waals surface area contributed by atoms with Crippen molar-refractivity contribution in [3.05, 3.63) is 65.2 Å². The minimum atomic E-state index is 0.0964. The molecular weight excluding hydrogens is 248 g/mol. The van der Waals surface area contributed by atoms with Crippen molar-refractivity contribution in [3.8, 4) is 0 Å². The predicted octanol–water partition coefficient (Wildman–Crippen LogP) is 3.20. The number of hydrogen-bond donors (Lipinski definition) is 0. The molecule has 1 atom stereocenters. The number of urea groups is 1. The summed E-state index contributed by atoms with van der Waals surface area (Å²) in [5.74, 6) is 0. The van der Waals surface area contributed by atoms with Gasteiger partial charge in [-0.3, -0.25) is 4.90 Å². The number of amides is 2. The van der Waals surface area contributed by atoms with Gasteiger partial charge in [-0.1, -0.05) is 42.5 Å². The van der Waals surface area contributed by atoms with E-state index in [1.165, 1.54) is 16.7 Å². The van der Waals surface area contributed by atoms with Crippen LogP contribution in [0.1, 0.15) is 22.7 Å². The molecule has 0 saturated carbocycles. The van der Waals surface area contributed by atoms with E-state index < -0.39 is 0 Å². The van der Waals surface area contributed by atoms with Gasteiger partial charge >= 0.3 is 6.03 Å². The topological polar surface area (TPSA) is 23.6 Å². The third-order valence-electron chi connectivity index (χ3n) is 4.34. The molecule has 0 radical (unpaired) electrons. The van der Waals surface area contributed by atoms with E-state index in [1.54, 1.807) is 0 Å². The average molecular weight is 264 g/mol. The number of likely N-dealkylation sites (N-methyl/N-ethyl adjacent to an activating group) is 1. The van der Waals surface area contributed by atoms with Gasteiger partial charge in [-0.05, 0) is 29.2 Å². The fraction of sp³-hybridized carbons (Fsp3) is 0.235. The van der Waals surface area contributed by atoms with Crippen LogP contribution in [0.2, 0.25) is 0 Å². The van der Waals surface area contributed by atoms with Gasteiger partial charge in [0, 0.05) is 19.3 Å². The van der Waals surface area contributed by atoms with Gasteiger partial charge in [-0.15, -0.1) is 0 Å². The molecule has 3 heteroatoms. The second-order valence-corrected chi connectivity index (χ2v) is 5.55. The minimum Gasteiger partial charge on any atom is -0.325 e. The third kappa shape index (κ3) is 1.49. The van der Waals surface area contributed by atoms with Crippen LogP contribution in [-0.4, -0.2) is 24.5 Å². The average Bonchev–Trinajstić information content (AvgIpc) is 2.68.